The Labute approximate surface area is 415 Å². The summed E-state index contributed by atoms with van der Waals surface area (Å²) in [5, 5.41) is 13.9. The van der Waals surface area contributed by atoms with Crippen LogP contribution in [-0.4, -0.2) is 68.5 Å². The summed E-state index contributed by atoms with van der Waals surface area (Å²) in [6.07, 6.45) is 65.8. The van der Waals surface area contributed by atoms with Gasteiger partial charge >= 0.3 is 0 Å². The van der Waals surface area contributed by atoms with Crippen molar-refractivity contribution in [2.75, 3.05) is 40.9 Å². The minimum Gasteiger partial charge on any atom is -0.756 e. The lowest BCUT2D eigenvalue weighted by Crippen LogP contribution is -2.45. The standard InChI is InChI=1S/C58H109N2O6P/c1-6-8-10-12-14-16-18-20-22-24-26-28-29-30-32-33-35-37-39-41-43-45-47-49-51-57(61)56(55-66-67(63,64)65-54-53-60(3,4)5)59-58(62)52-50-48-46-44-42-40-38-36-34-31-27-25-23-21-19-17-15-13-11-9-7-2/h9,11,15,17,33,35,41,43,49,51,56-57,61H,6-8,10,12-14,16,18-32,34,36-40,42,44-48,50,52-55H2,1-5H3,(H-,59,62,63,64)/b11-9-,17-15-,35-33+,43-41+,51-49+. The number of phosphoric ester groups is 1. The molecular formula is C58H109N2O6P. The van der Waals surface area contributed by atoms with Gasteiger partial charge in [-0.1, -0.05) is 235 Å². The molecule has 0 heterocycles. The maximum Gasteiger partial charge on any atom is 0.268 e. The van der Waals surface area contributed by atoms with Crippen LogP contribution in [0.4, 0.5) is 0 Å². The van der Waals surface area contributed by atoms with Crippen LogP contribution in [0.3, 0.4) is 0 Å². The number of amides is 1. The summed E-state index contributed by atoms with van der Waals surface area (Å²) in [6.45, 7) is 4.54. The lowest BCUT2D eigenvalue weighted by molar-refractivity contribution is -0.870. The molecule has 392 valence electrons. The molecule has 0 fully saturated rings. The quantitative estimate of drug-likeness (QED) is 0.0272. The van der Waals surface area contributed by atoms with Crippen LogP contribution in [0.5, 0.6) is 0 Å². The number of aliphatic hydroxyl groups is 1. The van der Waals surface area contributed by atoms with Gasteiger partial charge in [-0.25, -0.2) is 0 Å². The van der Waals surface area contributed by atoms with Crippen LogP contribution in [0, 0.1) is 0 Å². The Morgan fingerprint density at radius 2 is 0.925 bits per heavy atom. The van der Waals surface area contributed by atoms with Crippen LogP contribution in [0.1, 0.15) is 251 Å². The van der Waals surface area contributed by atoms with Crippen LogP contribution < -0.4 is 10.2 Å². The van der Waals surface area contributed by atoms with Crippen molar-refractivity contribution < 1.29 is 32.9 Å². The van der Waals surface area contributed by atoms with Crippen molar-refractivity contribution in [3.8, 4) is 0 Å². The third-order valence-corrected chi connectivity index (χ3v) is 13.4. The van der Waals surface area contributed by atoms with Gasteiger partial charge in [0.2, 0.25) is 5.91 Å². The van der Waals surface area contributed by atoms with Crippen molar-refractivity contribution in [2.45, 2.75) is 264 Å². The van der Waals surface area contributed by atoms with Gasteiger partial charge in [0.1, 0.15) is 13.2 Å². The van der Waals surface area contributed by atoms with Gasteiger partial charge in [-0.15, -0.1) is 0 Å². The van der Waals surface area contributed by atoms with E-state index in [0.29, 0.717) is 17.4 Å². The zero-order valence-electron chi connectivity index (χ0n) is 44.6. The number of phosphoric acid groups is 1. The summed E-state index contributed by atoms with van der Waals surface area (Å²) in [4.78, 5) is 25.5. The van der Waals surface area contributed by atoms with Crippen molar-refractivity contribution in [2.24, 2.45) is 0 Å². The summed E-state index contributed by atoms with van der Waals surface area (Å²) in [5.41, 5.74) is 0. The van der Waals surface area contributed by atoms with E-state index in [1.54, 1.807) is 6.08 Å². The Hall–Kier alpha value is -1.80. The number of allylic oxidation sites excluding steroid dienone is 9. The summed E-state index contributed by atoms with van der Waals surface area (Å²) in [6, 6.07) is -0.912. The third kappa shape index (κ3) is 51.9. The molecule has 0 saturated carbocycles. The highest BCUT2D eigenvalue weighted by molar-refractivity contribution is 7.45. The highest BCUT2D eigenvalue weighted by atomic mass is 31.2. The van der Waals surface area contributed by atoms with Gasteiger partial charge in [0.25, 0.3) is 7.82 Å². The molecule has 0 aromatic rings. The SMILES string of the molecule is CC/C=C\C/C=C\CCCCCCCCCCCCCCCCC(=O)NC(COP(=O)([O-])OCC[N+](C)(C)C)C(O)/C=C/CC/C=C/CC/C=C/CCCCCCCCCCCCCCCC. The Bertz CT molecular complexity index is 1270. The smallest absolute Gasteiger partial charge is 0.268 e. The first kappa shape index (κ1) is 65.2. The molecule has 3 unspecified atom stereocenters. The molecular weight excluding hydrogens is 852 g/mol. The zero-order valence-corrected chi connectivity index (χ0v) is 45.5. The number of quaternary nitrogens is 1. The van der Waals surface area contributed by atoms with E-state index >= 15 is 0 Å². The largest absolute Gasteiger partial charge is 0.756 e. The van der Waals surface area contributed by atoms with E-state index < -0.39 is 26.6 Å². The average Bonchev–Trinajstić information content (AvgIpc) is 3.29. The second-order valence-corrected chi connectivity index (χ2v) is 21.7. The van der Waals surface area contributed by atoms with E-state index in [2.05, 4.69) is 67.8 Å². The van der Waals surface area contributed by atoms with Crippen molar-refractivity contribution in [3.05, 3.63) is 60.8 Å². The molecule has 8 nitrogen and oxygen atoms in total. The molecule has 67 heavy (non-hydrogen) atoms. The molecule has 9 heteroatoms. The molecule has 0 rings (SSSR count). The first-order valence-corrected chi connectivity index (χ1v) is 29.6. The van der Waals surface area contributed by atoms with Gasteiger partial charge in [-0.2, -0.15) is 0 Å². The van der Waals surface area contributed by atoms with Gasteiger partial charge in [-0.05, 0) is 70.6 Å². The topological polar surface area (TPSA) is 108 Å². The molecule has 0 aromatic carbocycles. The molecule has 0 aliphatic heterocycles. The molecule has 1 amide bonds. The third-order valence-electron chi connectivity index (χ3n) is 12.4. The number of rotatable bonds is 51. The van der Waals surface area contributed by atoms with Crippen molar-refractivity contribution in [1.82, 2.24) is 5.32 Å². The number of hydrogen-bond acceptors (Lipinski definition) is 6. The number of likely N-dealkylation sites (N-methyl/N-ethyl adjacent to an activating group) is 1. The summed E-state index contributed by atoms with van der Waals surface area (Å²) >= 11 is 0. The molecule has 0 aromatic heterocycles. The average molecular weight is 961 g/mol. The van der Waals surface area contributed by atoms with Gasteiger partial charge in [0, 0.05) is 6.42 Å². The summed E-state index contributed by atoms with van der Waals surface area (Å²) in [7, 11) is 1.24. The van der Waals surface area contributed by atoms with Gasteiger partial charge < -0.3 is 28.8 Å². The van der Waals surface area contributed by atoms with Gasteiger partial charge in [0.15, 0.2) is 0 Å². The van der Waals surface area contributed by atoms with E-state index in [1.807, 2.05) is 27.2 Å². The van der Waals surface area contributed by atoms with Crippen LogP contribution in [0.15, 0.2) is 60.8 Å². The minimum absolute atomic E-state index is 0.0101. The predicted octanol–water partition coefficient (Wildman–Crippen LogP) is 16.3. The Morgan fingerprint density at radius 3 is 1.37 bits per heavy atom. The Balaban J connectivity index is 4.30. The fourth-order valence-corrected chi connectivity index (χ4v) is 8.77. The fourth-order valence-electron chi connectivity index (χ4n) is 8.05. The van der Waals surface area contributed by atoms with E-state index in [1.165, 1.54) is 173 Å². The fraction of sp³-hybridized carbons (Fsp3) is 0.810. The van der Waals surface area contributed by atoms with E-state index in [-0.39, 0.29) is 12.5 Å². The monoisotopic (exact) mass is 961 g/mol. The van der Waals surface area contributed by atoms with Crippen LogP contribution in [0.2, 0.25) is 0 Å². The van der Waals surface area contributed by atoms with Crippen LogP contribution >= 0.6 is 7.82 Å². The lowest BCUT2D eigenvalue weighted by Gasteiger charge is -2.29. The molecule has 0 aliphatic carbocycles. The zero-order chi connectivity index (χ0) is 49.2. The van der Waals surface area contributed by atoms with E-state index in [0.717, 1.165) is 57.8 Å². The normalized spacial score (nSPS) is 14.4. The molecule has 2 N–H and O–H groups in total. The van der Waals surface area contributed by atoms with Crippen molar-refractivity contribution >= 4 is 13.7 Å². The maximum atomic E-state index is 12.9. The lowest BCUT2D eigenvalue weighted by atomic mass is 10.0. The van der Waals surface area contributed by atoms with E-state index in [4.69, 9.17) is 9.05 Å². The second kappa shape index (κ2) is 49.2. The number of aliphatic hydroxyl groups excluding tert-OH is 1. The highest BCUT2D eigenvalue weighted by Gasteiger charge is 2.23. The first-order valence-electron chi connectivity index (χ1n) is 28.2. The number of nitrogens with zero attached hydrogens (tertiary/aromatic N) is 1. The number of carbonyl (C=O) groups is 1. The predicted molar refractivity (Wildman–Crippen MR) is 288 cm³/mol. The van der Waals surface area contributed by atoms with Gasteiger partial charge in [-0.3, -0.25) is 9.36 Å². The van der Waals surface area contributed by atoms with Crippen LogP contribution in [-0.2, 0) is 18.4 Å². The Kier molecular flexibility index (Phi) is 47.9. The summed E-state index contributed by atoms with van der Waals surface area (Å²) < 4.78 is 23.3. The molecule has 0 saturated heterocycles. The first-order chi connectivity index (χ1) is 32.5. The van der Waals surface area contributed by atoms with E-state index in [9.17, 15) is 19.4 Å². The number of nitrogens with one attached hydrogen (secondary N) is 1. The number of hydrogen-bond donors (Lipinski definition) is 2. The molecule has 3 atom stereocenters. The molecule has 0 bridgehead atoms. The van der Waals surface area contributed by atoms with Gasteiger partial charge in [0.05, 0.1) is 39.9 Å². The Morgan fingerprint density at radius 1 is 0.537 bits per heavy atom. The second-order valence-electron chi connectivity index (χ2n) is 20.2. The number of unbranched alkanes of at least 4 members (excludes halogenated alkanes) is 30. The molecule has 0 aliphatic rings. The minimum atomic E-state index is -4.61. The van der Waals surface area contributed by atoms with Crippen LogP contribution in [0.25, 0.3) is 0 Å². The maximum absolute atomic E-state index is 12.9. The summed E-state index contributed by atoms with van der Waals surface area (Å²) in [5.74, 6) is -0.211. The number of carbonyl (C=O) groups excluding carboxylic acids is 1. The molecule has 0 radical (unpaired) electrons. The van der Waals surface area contributed by atoms with Crippen molar-refractivity contribution in [3.63, 3.8) is 0 Å². The highest BCUT2D eigenvalue weighted by Crippen LogP contribution is 2.38. The molecule has 0 spiro atoms. The van der Waals surface area contributed by atoms with Crippen molar-refractivity contribution in [1.29, 1.82) is 0 Å².